The third kappa shape index (κ3) is 7.18. The Morgan fingerprint density at radius 2 is 1.48 bits per heavy atom. The Balaban J connectivity index is 1.44. The molecule has 8 rings (SSSR count). The van der Waals surface area contributed by atoms with Gasteiger partial charge in [0.2, 0.25) is 11.8 Å². The number of benzene rings is 5. The summed E-state index contributed by atoms with van der Waals surface area (Å²) >= 11 is 0. The quantitative estimate of drug-likeness (QED) is 0.0690. The number of phenolic OH excluding ortho intramolecular Hbond substituents is 1. The number of phenols is 1. The maximum atomic E-state index is 16.0. The Morgan fingerprint density at radius 1 is 0.820 bits per heavy atom. The number of carbonyl (C=O) groups excluding carboxylic acids is 4. The van der Waals surface area contributed by atoms with Gasteiger partial charge < -0.3 is 29.4 Å². The Hall–Kier alpha value is -7.20. The van der Waals surface area contributed by atoms with Crippen LogP contribution in [0, 0.1) is 17.8 Å². The molecule has 3 aliphatic rings. The van der Waals surface area contributed by atoms with Crippen LogP contribution in [0.3, 0.4) is 0 Å². The molecule has 0 aromatic heterocycles. The normalized spacial score (nSPS) is 22.7. The number of ether oxygens (including phenoxy) is 4. The summed E-state index contributed by atoms with van der Waals surface area (Å²) in [5, 5.41) is 13.5. The monoisotopic (exact) mass is 817 g/mol. The maximum Gasteiger partial charge on any atom is 0.421 e. The molecule has 12 heteroatoms. The van der Waals surface area contributed by atoms with Crippen LogP contribution in [0.25, 0.3) is 0 Å². The van der Waals surface area contributed by atoms with E-state index in [1.54, 1.807) is 49.6 Å². The summed E-state index contributed by atoms with van der Waals surface area (Å²) < 4.78 is 22.5. The number of hydrogen-bond donors (Lipinski definition) is 2. The molecule has 2 saturated heterocycles. The third-order valence-electron chi connectivity index (χ3n) is 11.5. The summed E-state index contributed by atoms with van der Waals surface area (Å²) in [7, 11) is 3.04. The zero-order chi connectivity index (χ0) is 42.7. The maximum absolute atomic E-state index is 16.0. The number of nitrogens with one attached hydrogen (secondary N) is 1. The zero-order valence-electron chi connectivity index (χ0n) is 33.5. The third-order valence-corrected chi connectivity index (χ3v) is 11.5. The fourth-order valence-corrected chi connectivity index (χ4v) is 9.00. The van der Waals surface area contributed by atoms with Gasteiger partial charge in [-0.1, -0.05) is 90.7 Å². The van der Waals surface area contributed by atoms with E-state index < -0.39 is 59.4 Å². The molecule has 3 amide bonds. The number of methoxy groups -OCH3 is 2. The molecule has 0 aliphatic carbocycles. The highest BCUT2D eigenvalue weighted by molar-refractivity contribution is 6.23. The topological polar surface area (TPSA) is 144 Å². The van der Waals surface area contributed by atoms with Crippen molar-refractivity contribution in [1.82, 2.24) is 10.2 Å². The predicted molar refractivity (Wildman–Crippen MR) is 225 cm³/mol. The molecule has 5 aromatic rings. The predicted octanol–water partition coefficient (Wildman–Crippen LogP) is 6.55. The van der Waals surface area contributed by atoms with Gasteiger partial charge in [-0.3, -0.25) is 19.3 Å². The van der Waals surface area contributed by atoms with Crippen LogP contribution >= 0.6 is 0 Å². The standard InChI is InChI=1S/C49H43N3O9/c1-4-27-50-45(54)40-42-46(55)61-43(34-13-9-6-10-14-34)41(33-11-7-5-8-12-33)52(42)44(35-20-22-36(53)23-21-35)49(40)38-30-32(16-15-31-17-24-37(59-3)25-18-31)19-26-39(38)51(47(49)56)48(57)60-29-28-58-2/h4-14,17-26,30,40-44,53H,1,27-29H2,2-3H3,(H,50,54)/t40-,41-,42-,43+,44+,49-/m1/s1. The van der Waals surface area contributed by atoms with Gasteiger partial charge in [0.05, 0.1) is 37.4 Å². The molecule has 6 atom stereocenters. The molecular weight excluding hydrogens is 775 g/mol. The summed E-state index contributed by atoms with van der Waals surface area (Å²) in [6.07, 6.45) is -0.379. The van der Waals surface area contributed by atoms with Crippen molar-refractivity contribution in [1.29, 1.82) is 0 Å². The van der Waals surface area contributed by atoms with Gasteiger partial charge in [0.1, 0.15) is 35.7 Å². The first-order valence-corrected chi connectivity index (χ1v) is 19.8. The van der Waals surface area contributed by atoms with Gasteiger partial charge >= 0.3 is 12.1 Å². The van der Waals surface area contributed by atoms with E-state index in [4.69, 9.17) is 18.9 Å². The first-order chi connectivity index (χ1) is 29.7. The molecule has 2 fully saturated rings. The molecule has 3 aliphatic heterocycles. The number of esters is 1. The summed E-state index contributed by atoms with van der Waals surface area (Å²) in [5.41, 5.74) is 1.55. The van der Waals surface area contributed by atoms with E-state index in [0.29, 0.717) is 28.0 Å². The van der Waals surface area contributed by atoms with Gasteiger partial charge in [-0.05, 0) is 76.9 Å². The van der Waals surface area contributed by atoms with Crippen LogP contribution in [-0.4, -0.2) is 73.9 Å². The van der Waals surface area contributed by atoms with Crippen LogP contribution in [0.4, 0.5) is 10.5 Å². The van der Waals surface area contributed by atoms with Crippen molar-refractivity contribution in [3.63, 3.8) is 0 Å². The van der Waals surface area contributed by atoms with Gasteiger partial charge in [-0.15, -0.1) is 6.58 Å². The number of anilines is 1. The Bertz CT molecular complexity index is 2520. The first kappa shape index (κ1) is 40.6. The van der Waals surface area contributed by atoms with E-state index in [1.807, 2.05) is 77.7 Å². The van der Waals surface area contributed by atoms with Gasteiger partial charge in [-0.25, -0.2) is 9.69 Å². The lowest BCUT2D eigenvalue weighted by Crippen LogP contribution is -2.55. The van der Waals surface area contributed by atoms with Crippen molar-refractivity contribution in [3.05, 3.63) is 173 Å². The van der Waals surface area contributed by atoms with Crippen molar-refractivity contribution in [2.75, 3.05) is 38.9 Å². The van der Waals surface area contributed by atoms with Crippen LogP contribution in [0.15, 0.2) is 140 Å². The lowest BCUT2D eigenvalue weighted by atomic mass is 9.65. The number of amides is 3. The van der Waals surface area contributed by atoms with Gasteiger partial charge in [0.15, 0.2) is 0 Å². The molecule has 61 heavy (non-hydrogen) atoms. The van der Waals surface area contributed by atoms with Crippen molar-refractivity contribution >= 4 is 29.6 Å². The number of morpholine rings is 1. The number of carbonyl (C=O) groups is 4. The highest BCUT2D eigenvalue weighted by atomic mass is 16.6. The summed E-state index contributed by atoms with van der Waals surface area (Å²) in [6.45, 7) is 3.71. The van der Waals surface area contributed by atoms with Crippen LogP contribution < -0.4 is 15.0 Å². The van der Waals surface area contributed by atoms with Gasteiger partial charge in [0.25, 0.3) is 0 Å². The lowest BCUT2D eigenvalue weighted by Gasteiger charge is -2.46. The molecule has 0 saturated carbocycles. The smallest absolute Gasteiger partial charge is 0.421 e. The lowest BCUT2D eigenvalue weighted by molar-refractivity contribution is -0.178. The second-order valence-electron chi connectivity index (χ2n) is 14.8. The summed E-state index contributed by atoms with van der Waals surface area (Å²) in [5.74, 6) is 3.36. The Morgan fingerprint density at radius 3 is 2.13 bits per heavy atom. The average molecular weight is 818 g/mol. The Labute approximate surface area is 353 Å². The minimum Gasteiger partial charge on any atom is -0.508 e. The number of cyclic esters (lactones) is 1. The van der Waals surface area contributed by atoms with Crippen LogP contribution in [0.5, 0.6) is 11.5 Å². The number of imide groups is 1. The molecule has 0 radical (unpaired) electrons. The van der Waals surface area contributed by atoms with E-state index >= 15 is 14.4 Å². The highest BCUT2D eigenvalue weighted by Gasteiger charge is 2.75. The largest absolute Gasteiger partial charge is 0.508 e. The zero-order valence-corrected chi connectivity index (χ0v) is 33.5. The van der Waals surface area contributed by atoms with Crippen LogP contribution in [0.2, 0.25) is 0 Å². The molecule has 0 unspecified atom stereocenters. The van der Waals surface area contributed by atoms with Crippen molar-refractivity contribution in [2.45, 2.75) is 29.6 Å². The van der Waals surface area contributed by atoms with Crippen LogP contribution in [-0.2, 0) is 34.0 Å². The first-order valence-electron chi connectivity index (χ1n) is 19.8. The number of hydrogen-bond acceptors (Lipinski definition) is 10. The van der Waals surface area contributed by atoms with Gasteiger partial charge in [-0.2, -0.15) is 0 Å². The molecule has 5 aromatic carbocycles. The van der Waals surface area contributed by atoms with Crippen molar-refractivity contribution < 1.29 is 43.2 Å². The average Bonchev–Trinajstić information content (AvgIpc) is 3.74. The van der Waals surface area contributed by atoms with Gasteiger partial charge in [0, 0.05) is 24.8 Å². The Kier molecular flexibility index (Phi) is 11.4. The molecule has 2 N–H and O–H groups in total. The van der Waals surface area contributed by atoms with Crippen molar-refractivity contribution in [2.24, 2.45) is 5.92 Å². The molecule has 12 nitrogen and oxygen atoms in total. The van der Waals surface area contributed by atoms with Crippen LogP contribution in [0.1, 0.15) is 51.6 Å². The second-order valence-corrected chi connectivity index (χ2v) is 14.8. The fraction of sp³-hybridized carbons (Fsp3) is 0.224. The van der Waals surface area contributed by atoms with E-state index in [2.05, 4.69) is 23.7 Å². The number of aromatic hydroxyl groups is 1. The second kappa shape index (κ2) is 17.2. The molecule has 3 heterocycles. The summed E-state index contributed by atoms with van der Waals surface area (Å²) in [4.78, 5) is 63.2. The van der Waals surface area contributed by atoms with E-state index in [9.17, 15) is 9.90 Å². The SMILES string of the molecule is C=CCNC(=O)[C@H]1[C@@H]2C(=O)O[C@@H](c3ccccc3)[C@@H](c3ccccc3)N2[C@@H](c2ccc(O)cc2)[C@]12C(=O)N(C(=O)OCCOC)c1ccc(C#Cc3ccc(OC)cc3)cc12. The number of fused-ring (bicyclic) bond motifs is 3. The molecule has 1 spiro atoms. The summed E-state index contributed by atoms with van der Waals surface area (Å²) in [6, 6.07) is 34.0. The minimum absolute atomic E-state index is 0.0169. The number of nitrogens with zero attached hydrogens (tertiary/aromatic N) is 2. The van der Waals surface area contributed by atoms with E-state index in [1.165, 1.54) is 25.3 Å². The van der Waals surface area contributed by atoms with Crippen molar-refractivity contribution in [3.8, 4) is 23.3 Å². The molecular formula is C49H43N3O9. The molecule has 308 valence electrons. The minimum atomic E-state index is -2.00. The van der Waals surface area contributed by atoms with E-state index in [0.717, 1.165) is 10.5 Å². The molecule has 0 bridgehead atoms. The highest BCUT2D eigenvalue weighted by Crippen LogP contribution is 2.66. The fourth-order valence-electron chi connectivity index (χ4n) is 9.00. The number of rotatable bonds is 10. The van der Waals surface area contributed by atoms with E-state index in [-0.39, 0.29) is 36.8 Å².